The fourth-order valence-electron chi connectivity index (χ4n) is 4.00. The molecule has 0 radical (unpaired) electrons. The fourth-order valence-corrected chi connectivity index (χ4v) is 4.00. The molecular weight excluding hydrogens is 308 g/mol. The van der Waals surface area contributed by atoms with Crippen molar-refractivity contribution in [2.75, 3.05) is 6.61 Å². The number of carboxylic acid groups (broad SMARTS) is 1. The van der Waals surface area contributed by atoms with Crippen LogP contribution in [-0.2, 0) is 14.3 Å². The van der Waals surface area contributed by atoms with E-state index in [4.69, 9.17) is 4.74 Å². The van der Waals surface area contributed by atoms with Gasteiger partial charge in [0, 0.05) is 12.5 Å². The minimum atomic E-state index is -0.833. The van der Waals surface area contributed by atoms with Gasteiger partial charge in [0.15, 0.2) is 0 Å². The third-order valence-electron chi connectivity index (χ3n) is 5.98. The highest BCUT2D eigenvalue weighted by Crippen LogP contribution is 2.46. The molecule has 1 saturated carbocycles. The van der Waals surface area contributed by atoms with Gasteiger partial charge in [-0.2, -0.15) is 0 Å². The molecule has 0 aromatic carbocycles. The van der Waals surface area contributed by atoms with E-state index in [-0.39, 0.29) is 36.2 Å². The number of esters is 1. The van der Waals surface area contributed by atoms with Gasteiger partial charge in [-0.15, -0.1) is 0 Å². The van der Waals surface area contributed by atoms with Crippen molar-refractivity contribution >= 4 is 11.9 Å². The fraction of sp³-hybridized carbons (Fsp3) is 0.789. The molecule has 2 rings (SSSR count). The number of carbonyl (C=O) groups is 2. The topological polar surface area (TPSA) is 83.8 Å². The number of ether oxygens (including phenoxy) is 1. The van der Waals surface area contributed by atoms with E-state index in [1.165, 1.54) is 0 Å². The number of aliphatic carboxylic acids is 1. The summed E-state index contributed by atoms with van der Waals surface area (Å²) in [5.74, 6) is -1.89. The summed E-state index contributed by atoms with van der Waals surface area (Å²) in [6, 6.07) is 0. The minimum Gasteiger partial charge on any atom is -0.481 e. The van der Waals surface area contributed by atoms with Crippen LogP contribution in [0.25, 0.3) is 0 Å². The maximum Gasteiger partial charge on any atom is 0.311 e. The van der Waals surface area contributed by atoms with Crippen LogP contribution >= 0.6 is 0 Å². The van der Waals surface area contributed by atoms with E-state index in [0.29, 0.717) is 12.8 Å². The Bertz CT molecular complexity index is 510. The molecule has 1 fully saturated rings. The van der Waals surface area contributed by atoms with Crippen molar-refractivity contribution in [3.8, 4) is 0 Å². The van der Waals surface area contributed by atoms with Gasteiger partial charge in [-0.3, -0.25) is 9.59 Å². The predicted molar refractivity (Wildman–Crippen MR) is 90.2 cm³/mol. The van der Waals surface area contributed by atoms with Crippen molar-refractivity contribution in [2.45, 2.75) is 53.1 Å². The number of aliphatic hydroxyl groups excluding tert-OH is 1. The summed E-state index contributed by atoms with van der Waals surface area (Å²) in [5.41, 5.74) is -0.587. The van der Waals surface area contributed by atoms with Gasteiger partial charge in [-0.05, 0) is 50.9 Å². The Labute approximate surface area is 144 Å². The Balaban J connectivity index is 2.30. The predicted octanol–water partition coefficient (Wildman–Crippen LogP) is 2.88. The minimum absolute atomic E-state index is 0.0373. The first-order valence-corrected chi connectivity index (χ1v) is 8.94. The maximum atomic E-state index is 12.5. The Morgan fingerprint density at radius 2 is 1.92 bits per heavy atom. The molecular formula is C19H30O5. The molecule has 24 heavy (non-hydrogen) atoms. The quantitative estimate of drug-likeness (QED) is 0.595. The van der Waals surface area contributed by atoms with Gasteiger partial charge in [0.1, 0.15) is 6.10 Å². The van der Waals surface area contributed by atoms with Crippen LogP contribution in [0.5, 0.6) is 0 Å². The molecule has 0 aromatic heterocycles. The molecule has 0 amide bonds. The van der Waals surface area contributed by atoms with Gasteiger partial charge in [-0.25, -0.2) is 0 Å². The van der Waals surface area contributed by atoms with Gasteiger partial charge >= 0.3 is 11.9 Å². The Morgan fingerprint density at radius 3 is 2.46 bits per heavy atom. The van der Waals surface area contributed by atoms with Crippen LogP contribution in [0.2, 0.25) is 0 Å². The molecule has 5 heteroatoms. The number of fused-ring (bicyclic) bond motifs is 1. The molecule has 136 valence electrons. The van der Waals surface area contributed by atoms with Crippen LogP contribution < -0.4 is 0 Å². The molecule has 6 atom stereocenters. The largest absolute Gasteiger partial charge is 0.481 e. The third-order valence-corrected chi connectivity index (χ3v) is 5.98. The van der Waals surface area contributed by atoms with E-state index in [9.17, 15) is 19.8 Å². The summed E-state index contributed by atoms with van der Waals surface area (Å²) >= 11 is 0. The number of allylic oxidation sites excluding steroid dienone is 2. The van der Waals surface area contributed by atoms with Crippen LogP contribution in [0, 0.1) is 35.0 Å². The summed E-state index contributed by atoms with van der Waals surface area (Å²) in [7, 11) is 0. The Kier molecular flexibility index (Phi) is 5.74. The van der Waals surface area contributed by atoms with Gasteiger partial charge in [0.2, 0.25) is 0 Å². The second kappa shape index (κ2) is 7.26. The molecule has 0 bridgehead atoms. The second-order valence-electron chi connectivity index (χ2n) is 8.05. The van der Waals surface area contributed by atoms with Crippen LogP contribution in [-0.4, -0.2) is 34.9 Å². The first-order valence-electron chi connectivity index (χ1n) is 8.94. The molecule has 0 saturated heterocycles. The Morgan fingerprint density at radius 1 is 1.25 bits per heavy atom. The normalized spacial score (nSPS) is 36.0. The van der Waals surface area contributed by atoms with Gasteiger partial charge in [-0.1, -0.05) is 26.0 Å². The monoisotopic (exact) mass is 338 g/mol. The van der Waals surface area contributed by atoms with Crippen molar-refractivity contribution in [1.29, 1.82) is 0 Å². The summed E-state index contributed by atoms with van der Waals surface area (Å²) in [6.07, 6.45) is 5.51. The summed E-state index contributed by atoms with van der Waals surface area (Å²) in [6.45, 7) is 7.56. The third kappa shape index (κ3) is 3.66. The SMILES string of the molecule is CCC(C)(C)C(=O)OC1CC(CO)CC2C=CC(C)C(C(=O)O)[C@H]21. The molecule has 0 heterocycles. The molecule has 0 aliphatic heterocycles. The lowest BCUT2D eigenvalue weighted by atomic mass is 9.61. The lowest BCUT2D eigenvalue weighted by Gasteiger charge is -2.46. The van der Waals surface area contributed by atoms with Crippen molar-refractivity contribution in [2.24, 2.45) is 35.0 Å². The smallest absolute Gasteiger partial charge is 0.311 e. The van der Waals surface area contributed by atoms with Crippen LogP contribution in [0.4, 0.5) is 0 Å². The van der Waals surface area contributed by atoms with E-state index in [1.807, 2.05) is 33.8 Å². The zero-order valence-corrected chi connectivity index (χ0v) is 15.1. The van der Waals surface area contributed by atoms with Crippen LogP contribution in [0.15, 0.2) is 12.2 Å². The first-order chi connectivity index (χ1) is 11.2. The molecule has 0 spiro atoms. The number of aliphatic hydroxyl groups is 1. The average Bonchev–Trinajstić information content (AvgIpc) is 2.54. The van der Waals surface area contributed by atoms with Crippen molar-refractivity contribution < 1.29 is 24.5 Å². The van der Waals surface area contributed by atoms with E-state index >= 15 is 0 Å². The molecule has 2 aliphatic carbocycles. The highest BCUT2D eigenvalue weighted by molar-refractivity contribution is 5.76. The summed E-state index contributed by atoms with van der Waals surface area (Å²) in [5, 5.41) is 19.3. The van der Waals surface area contributed by atoms with E-state index < -0.39 is 23.4 Å². The standard InChI is InChI=1S/C19H30O5/c1-5-19(3,4)18(23)24-14-9-12(10-20)8-13-7-6-11(2)15(16(13)14)17(21)22/h6-7,11-16,20H,5,8-10H2,1-4H3,(H,21,22)/t11?,12?,13?,14?,15?,16-/m1/s1. The number of carbonyl (C=O) groups excluding carboxylic acids is 1. The number of hydrogen-bond donors (Lipinski definition) is 2. The zero-order chi connectivity index (χ0) is 18.1. The number of rotatable bonds is 5. The number of carboxylic acids is 1. The second-order valence-corrected chi connectivity index (χ2v) is 8.05. The highest BCUT2D eigenvalue weighted by atomic mass is 16.5. The lowest BCUT2D eigenvalue weighted by molar-refractivity contribution is -0.175. The lowest BCUT2D eigenvalue weighted by Crippen LogP contribution is -2.49. The van der Waals surface area contributed by atoms with Crippen molar-refractivity contribution in [1.82, 2.24) is 0 Å². The molecule has 5 nitrogen and oxygen atoms in total. The summed E-state index contributed by atoms with van der Waals surface area (Å²) < 4.78 is 5.83. The van der Waals surface area contributed by atoms with Crippen molar-refractivity contribution in [3.63, 3.8) is 0 Å². The highest BCUT2D eigenvalue weighted by Gasteiger charge is 2.49. The van der Waals surface area contributed by atoms with Gasteiger partial charge < -0.3 is 14.9 Å². The molecule has 2 aliphatic rings. The Hall–Kier alpha value is -1.36. The molecule has 2 N–H and O–H groups in total. The van der Waals surface area contributed by atoms with Crippen LogP contribution in [0.1, 0.15) is 47.0 Å². The molecule has 0 aromatic rings. The van der Waals surface area contributed by atoms with E-state index in [1.54, 1.807) is 0 Å². The van der Waals surface area contributed by atoms with E-state index in [0.717, 1.165) is 6.42 Å². The molecule has 5 unspecified atom stereocenters. The van der Waals surface area contributed by atoms with Gasteiger partial charge in [0.05, 0.1) is 11.3 Å². The summed E-state index contributed by atoms with van der Waals surface area (Å²) in [4.78, 5) is 24.4. The average molecular weight is 338 g/mol. The zero-order valence-electron chi connectivity index (χ0n) is 15.1. The first kappa shape index (κ1) is 19.0. The van der Waals surface area contributed by atoms with Crippen molar-refractivity contribution in [3.05, 3.63) is 12.2 Å². The van der Waals surface area contributed by atoms with Crippen LogP contribution in [0.3, 0.4) is 0 Å². The van der Waals surface area contributed by atoms with E-state index in [2.05, 4.69) is 6.08 Å². The number of hydrogen-bond acceptors (Lipinski definition) is 4. The maximum absolute atomic E-state index is 12.5. The van der Waals surface area contributed by atoms with Gasteiger partial charge in [0.25, 0.3) is 0 Å².